The maximum absolute atomic E-state index is 13.2. The molecule has 2 heterocycles. The zero-order valence-electron chi connectivity index (χ0n) is 19.1. The lowest BCUT2D eigenvalue weighted by Gasteiger charge is -2.60. The van der Waals surface area contributed by atoms with Crippen molar-refractivity contribution in [2.75, 3.05) is 7.05 Å². The molecule has 6 atom stereocenters. The number of hydrogen-bond acceptors (Lipinski definition) is 3. The van der Waals surface area contributed by atoms with Gasteiger partial charge < -0.3 is 10.2 Å². The number of fused-ring (bicyclic) bond motifs is 5. The number of carbonyl (C=O) groups excluding carboxylic acids is 2. The first-order chi connectivity index (χ1) is 14.8. The van der Waals surface area contributed by atoms with E-state index in [1.165, 1.54) is 38.5 Å². The van der Waals surface area contributed by atoms with Crippen LogP contribution in [0.3, 0.4) is 0 Å². The van der Waals surface area contributed by atoms with E-state index in [1.54, 1.807) is 6.20 Å². The van der Waals surface area contributed by atoms with Gasteiger partial charge in [-0.3, -0.25) is 14.6 Å². The van der Waals surface area contributed by atoms with Crippen LogP contribution in [-0.2, 0) is 16.1 Å². The highest BCUT2D eigenvalue weighted by molar-refractivity contribution is 6.19. The Bertz CT molecular complexity index is 912. The molecule has 0 aromatic carbocycles. The third kappa shape index (κ3) is 3.23. The van der Waals surface area contributed by atoms with Crippen molar-refractivity contribution < 1.29 is 9.59 Å². The van der Waals surface area contributed by atoms with Gasteiger partial charge in [0.1, 0.15) is 5.57 Å². The van der Waals surface area contributed by atoms with Gasteiger partial charge in [-0.15, -0.1) is 0 Å². The van der Waals surface area contributed by atoms with Gasteiger partial charge in [0.15, 0.2) is 0 Å². The summed E-state index contributed by atoms with van der Waals surface area (Å²) in [4.78, 5) is 32.4. The Hall–Kier alpha value is -2.17. The molecule has 0 radical (unpaired) electrons. The van der Waals surface area contributed by atoms with Crippen LogP contribution in [0.4, 0.5) is 0 Å². The number of nitrogens with one attached hydrogen (secondary N) is 1. The first-order valence-corrected chi connectivity index (χ1v) is 12.0. The highest BCUT2D eigenvalue weighted by Gasteiger charge is 2.59. The lowest BCUT2D eigenvalue weighted by molar-refractivity contribution is -0.141. The number of aromatic nitrogens is 1. The van der Waals surface area contributed by atoms with Crippen LogP contribution in [0.5, 0.6) is 0 Å². The first-order valence-electron chi connectivity index (χ1n) is 12.0. The molecule has 5 heteroatoms. The van der Waals surface area contributed by atoms with Crippen LogP contribution in [0.25, 0.3) is 0 Å². The Morgan fingerprint density at radius 2 is 2.00 bits per heavy atom. The van der Waals surface area contributed by atoms with Crippen molar-refractivity contribution in [3.8, 4) is 0 Å². The van der Waals surface area contributed by atoms with Gasteiger partial charge in [0.2, 0.25) is 0 Å². The SMILES string of the molecule is CN1C(=O)C(C(=O)NCc2ccccn2)=C[C@@]2(C)C1CC[C@@H]1[C@H]2CC[C@]2(C)CCC[C@@H]12. The number of hydrogen-bond donors (Lipinski definition) is 1. The summed E-state index contributed by atoms with van der Waals surface area (Å²) in [5, 5.41) is 2.93. The molecule has 1 aliphatic heterocycles. The van der Waals surface area contributed by atoms with Gasteiger partial charge in [0, 0.05) is 24.7 Å². The number of amides is 2. The molecule has 31 heavy (non-hydrogen) atoms. The number of rotatable bonds is 3. The molecular weight excluding hydrogens is 386 g/mol. The zero-order chi connectivity index (χ0) is 21.8. The summed E-state index contributed by atoms with van der Waals surface area (Å²) in [6.07, 6.45) is 12.6. The van der Waals surface area contributed by atoms with Crippen LogP contribution in [0, 0.1) is 28.6 Å². The topological polar surface area (TPSA) is 62.3 Å². The molecule has 0 bridgehead atoms. The minimum absolute atomic E-state index is 0.132. The normalized spacial score (nSPS) is 39.3. The van der Waals surface area contributed by atoms with Gasteiger partial charge in [-0.05, 0) is 73.8 Å². The fourth-order valence-electron chi connectivity index (χ4n) is 7.81. The van der Waals surface area contributed by atoms with Crippen LogP contribution in [0.1, 0.15) is 64.5 Å². The molecule has 4 aliphatic rings. The number of nitrogens with zero attached hydrogens (tertiary/aromatic N) is 2. The molecular formula is C26H35N3O2. The average Bonchev–Trinajstić information content (AvgIpc) is 3.17. The quantitative estimate of drug-likeness (QED) is 0.748. The van der Waals surface area contributed by atoms with Gasteiger partial charge >= 0.3 is 0 Å². The van der Waals surface area contributed by atoms with E-state index in [4.69, 9.17) is 0 Å². The molecule has 5 nitrogen and oxygen atoms in total. The van der Waals surface area contributed by atoms with Gasteiger partial charge in [0.05, 0.1) is 12.2 Å². The standard InChI is InChI=1S/C26H35N3O2/c1-25-12-6-8-20(25)18-9-10-22-26(2,21(18)11-13-25)15-19(24(31)29(22)3)23(30)28-16-17-7-4-5-14-27-17/h4-5,7,14-15,18,20-22H,6,8-13,16H2,1-3H3,(H,28,30)/t18-,20-,21+,22?,25-,26+/m0/s1. The lowest BCUT2D eigenvalue weighted by Crippen LogP contribution is -2.61. The second-order valence-corrected chi connectivity index (χ2v) is 10.9. The van der Waals surface area contributed by atoms with Crippen LogP contribution in [0.2, 0.25) is 0 Å². The first kappa shape index (κ1) is 20.7. The van der Waals surface area contributed by atoms with Crippen LogP contribution in [-0.4, -0.2) is 34.8 Å². The fraction of sp³-hybridized carbons (Fsp3) is 0.654. The summed E-state index contributed by atoms with van der Waals surface area (Å²) in [5.41, 5.74) is 1.49. The number of carbonyl (C=O) groups is 2. The molecule has 3 aliphatic carbocycles. The average molecular weight is 422 g/mol. The van der Waals surface area contributed by atoms with Crippen molar-refractivity contribution in [3.05, 3.63) is 41.7 Å². The van der Waals surface area contributed by atoms with Crippen molar-refractivity contribution in [2.45, 2.75) is 71.4 Å². The Morgan fingerprint density at radius 1 is 1.16 bits per heavy atom. The Kier molecular flexibility index (Phi) is 4.98. The number of likely N-dealkylation sites (N-methyl/N-ethyl adjacent to an activating group) is 1. The molecule has 0 saturated heterocycles. The minimum atomic E-state index is -0.272. The summed E-state index contributed by atoms with van der Waals surface area (Å²) in [6, 6.07) is 5.83. The summed E-state index contributed by atoms with van der Waals surface area (Å²) in [6.45, 7) is 5.17. The van der Waals surface area contributed by atoms with Crippen LogP contribution in [0.15, 0.2) is 36.0 Å². The zero-order valence-corrected chi connectivity index (χ0v) is 19.1. The predicted octanol–water partition coefficient (Wildman–Crippen LogP) is 4.10. The van der Waals surface area contributed by atoms with Crippen molar-refractivity contribution >= 4 is 11.8 Å². The largest absolute Gasteiger partial charge is 0.346 e. The molecule has 3 saturated carbocycles. The molecule has 1 N–H and O–H groups in total. The van der Waals surface area contributed by atoms with Gasteiger partial charge in [-0.25, -0.2) is 0 Å². The Balaban J connectivity index is 1.43. The van der Waals surface area contributed by atoms with Gasteiger partial charge in [-0.2, -0.15) is 0 Å². The molecule has 1 aromatic rings. The third-order valence-electron chi connectivity index (χ3n) is 9.38. The smallest absolute Gasteiger partial charge is 0.259 e. The van der Waals surface area contributed by atoms with E-state index in [2.05, 4.69) is 30.2 Å². The molecule has 166 valence electrons. The molecule has 2 amide bonds. The molecule has 3 fully saturated rings. The number of pyridine rings is 1. The van der Waals surface area contributed by atoms with Crippen LogP contribution >= 0.6 is 0 Å². The van der Waals surface area contributed by atoms with E-state index in [1.807, 2.05) is 30.1 Å². The molecule has 1 aromatic heterocycles. The third-order valence-corrected chi connectivity index (χ3v) is 9.38. The maximum atomic E-state index is 13.2. The fourth-order valence-corrected chi connectivity index (χ4v) is 7.81. The van der Waals surface area contributed by atoms with Gasteiger partial charge in [-0.1, -0.05) is 32.4 Å². The van der Waals surface area contributed by atoms with E-state index in [0.29, 0.717) is 23.5 Å². The van der Waals surface area contributed by atoms with Crippen molar-refractivity contribution in [1.29, 1.82) is 0 Å². The predicted molar refractivity (Wildman–Crippen MR) is 120 cm³/mol. The lowest BCUT2D eigenvalue weighted by atomic mass is 9.48. The molecule has 5 rings (SSSR count). The second-order valence-electron chi connectivity index (χ2n) is 10.9. The minimum Gasteiger partial charge on any atom is -0.346 e. The van der Waals surface area contributed by atoms with E-state index < -0.39 is 0 Å². The van der Waals surface area contributed by atoms with E-state index >= 15 is 0 Å². The second kappa shape index (κ2) is 7.46. The van der Waals surface area contributed by atoms with Crippen molar-refractivity contribution in [1.82, 2.24) is 15.2 Å². The maximum Gasteiger partial charge on any atom is 0.259 e. The Labute approximate surface area is 185 Å². The van der Waals surface area contributed by atoms with E-state index in [9.17, 15) is 9.59 Å². The van der Waals surface area contributed by atoms with E-state index in [0.717, 1.165) is 24.0 Å². The highest BCUT2D eigenvalue weighted by atomic mass is 16.2. The van der Waals surface area contributed by atoms with E-state index in [-0.39, 0.29) is 23.3 Å². The van der Waals surface area contributed by atoms with Crippen molar-refractivity contribution in [3.63, 3.8) is 0 Å². The van der Waals surface area contributed by atoms with Gasteiger partial charge in [0.25, 0.3) is 11.8 Å². The Morgan fingerprint density at radius 3 is 2.77 bits per heavy atom. The summed E-state index contributed by atoms with van der Waals surface area (Å²) in [5.74, 6) is 1.67. The summed E-state index contributed by atoms with van der Waals surface area (Å²) in [7, 11) is 1.90. The summed E-state index contributed by atoms with van der Waals surface area (Å²) < 4.78 is 0. The van der Waals surface area contributed by atoms with Crippen LogP contribution < -0.4 is 5.32 Å². The highest BCUT2D eigenvalue weighted by Crippen LogP contribution is 2.64. The summed E-state index contributed by atoms with van der Waals surface area (Å²) >= 11 is 0. The monoisotopic (exact) mass is 421 g/mol. The molecule has 0 spiro atoms. The van der Waals surface area contributed by atoms with Crippen molar-refractivity contribution in [2.24, 2.45) is 28.6 Å². The molecule has 1 unspecified atom stereocenters.